The SMILES string of the molecule is COC(=O)CC(CC(=O)OC)O[C@H]1O[C@H](COC(C)=O)[C@@H](OC(C)=O)[C@H](OC(C)=O)[C@H]1NC(=O)OCC(Cl)(Cl)Cl. The average Bonchev–Trinajstić information content (AvgIpc) is 2.83. The number of hydrogen-bond donors (Lipinski definition) is 1. The summed E-state index contributed by atoms with van der Waals surface area (Å²) in [6, 6.07) is -1.53. The fourth-order valence-corrected chi connectivity index (χ4v) is 3.56. The van der Waals surface area contributed by atoms with Gasteiger partial charge in [-0.3, -0.25) is 24.0 Å². The molecule has 1 N–H and O–H groups in total. The van der Waals surface area contributed by atoms with Crippen LogP contribution in [0.15, 0.2) is 0 Å². The maximum absolute atomic E-state index is 12.6. The van der Waals surface area contributed by atoms with E-state index < -0.39 is 103 Å². The molecule has 228 valence electrons. The van der Waals surface area contributed by atoms with Gasteiger partial charge in [-0.15, -0.1) is 0 Å². The molecule has 1 saturated heterocycles. The van der Waals surface area contributed by atoms with E-state index >= 15 is 0 Å². The summed E-state index contributed by atoms with van der Waals surface area (Å²) < 4.78 is 39.6. The minimum Gasteiger partial charge on any atom is -0.469 e. The monoisotopic (exact) mass is 637 g/mol. The van der Waals surface area contributed by atoms with Crippen LogP contribution in [0.1, 0.15) is 33.6 Å². The summed E-state index contributed by atoms with van der Waals surface area (Å²) in [6.45, 7) is 1.98. The van der Waals surface area contributed by atoms with Crippen LogP contribution >= 0.6 is 34.8 Å². The molecule has 15 nitrogen and oxygen atoms in total. The summed E-state index contributed by atoms with van der Waals surface area (Å²) in [6.07, 6.45) is -9.39. The first kappa shape index (κ1) is 35.4. The van der Waals surface area contributed by atoms with Gasteiger partial charge in [-0.1, -0.05) is 34.8 Å². The number of alkyl carbamates (subject to hydrolysis) is 1. The van der Waals surface area contributed by atoms with E-state index in [1.54, 1.807) is 0 Å². The van der Waals surface area contributed by atoms with E-state index in [2.05, 4.69) is 14.8 Å². The Morgan fingerprint density at radius 3 is 1.80 bits per heavy atom. The summed E-state index contributed by atoms with van der Waals surface area (Å²) in [4.78, 5) is 72.1. The summed E-state index contributed by atoms with van der Waals surface area (Å²) in [5.41, 5.74) is 0. The topological polar surface area (TPSA) is 188 Å². The van der Waals surface area contributed by atoms with Gasteiger partial charge in [-0.2, -0.15) is 0 Å². The number of halogens is 3. The van der Waals surface area contributed by atoms with Crippen LogP contribution in [0.2, 0.25) is 0 Å². The van der Waals surface area contributed by atoms with E-state index in [4.69, 9.17) is 63.2 Å². The largest absolute Gasteiger partial charge is 0.469 e. The maximum Gasteiger partial charge on any atom is 0.407 e. The average molecular weight is 639 g/mol. The molecule has 1 fully saturated rings. The predicted molar refractivity (Wildman–Crippen MR) is 133 cm³/mol. The van der Waals surface area contributed by atoms with Crippen LogP contribution in [-0.2, 0) is 61.9 Å². The number of amides is 1. The molecule has 18 heteroatoms. The van der Waals surface area contributed by atoms with Gasteiger partial charge in [0.2, 0.25) is 3.79 Å². The van der Waals surface area contributed by atoms with Crippen molar-refractivity contribution in [1.82, 2.24) is 5.32 Å². The third kappa shape index (κ3) is 13.2. The van der Waals surface area contributed by atoms with Crippen LogP contribution in [0, 0.1) is 0 Å². The van der Waals surface area contributed by atoms with Crippen molar-refractivity contribution in [2.75, 3.05) is 27.4 Å². The molecular weight excluding hydrogens is 609 g/mol. The van der Waals surface area contributed by atoms with Crippen LogP contribution in [0.25, 0.3) is 0 Å². The summed E-state index contributed by atoms with van der Waals surface area (Å²) in [5, 5.41) is 2.33. The molecular formula is C22H30Cl3NO14. The molecule has 0 radical (unpaired) electrons. The fourth-order valence-electron chi connectivity index (χ4n) is 3.39. The Labute approximate surface area is 244 Å². The van der Waals surface area contributed by atoms with Crippen LogP contribution < -0.4 is 5.32 Å². The molecule has 1 rings (SSSR count). The van der Waals surface area contributed by atoms with Crippen LogP contribution in [0.3, 0.4) is 0 Å². The summed E-state index contributed by atoms with van der Waals surface area (Å²) >= 11 is 16.9. The Morgan fingerprint density at radius 1 is 0.825 bits per heavy atom. The Bertz CT molecular complexity index is 909. The molecule has 5 atom stereocenters. The number of ether oxygens (including phenoxy) is 8. The van der Waals surface area contributed by atoms with Crippen molar-refractivity contribution in [3.63, 3.8) is 0 Å². The Balaban J connectivity index is 3.53. The maximum atomic E-state index is 12.6. The highest BCUT2D eigenvalue weighted by Gasteiger charge is 2.52. The number of carbonyl (C=O) groups is 6. The zero-order valence-electron chi connectivity index (χ0n) is 22.1. The number of hydrogen-bond acceptors (Lipinski definition) is 14. The molecule has 0 bridgehead atoms. The van der Waals surface area contributed by atoms with Gasteiger partial charge in [0.25, 0.3) is 0 Å². The van der Waals surface area contributed by atoms with E-state index in [0.717, 1.165) is 35.0 Å². The van der Waals surface area contributed by atoms with Gasteiger partial charge < -0.3 is 43.2 Å². The minimum atomic E-state index is -1.98. The highest BCUT2D eigenvalue weighted by atomic mass is 35.6. The second-order valence-corrected chi connectivity index (χ2v) is 10.7. The first-order chi connectivity index (χ1) is 18.6. The minimum absolute atomic E-state index is 0.476. The molecule has 0 unspecified atom stereocenters. The van der Waals surface area contributed by atoms with Crippen molar-refractivity contribution in [3.8, 4) is 0 Å². The lowest BCUT2D eigenvalue weighted by molar-refractivity contribution is -0.287. The Kier molecular flexibility index (Phi) is 14.7. The standard InChI is InChI=1S/C22H30Cl3NO14/c1-10(27)35-8-14-18(37-11(2)28)19(38-12(3)29)17(26-21(32)36-9-22(23,24)25)20(40-14)39-13(6-15(30)33-4)7-16(31)34-5/h13-14,17-20H,6-9H2,1-5H3,(H,26,32)/t14-,17-,18-,19-,20+/m1/s1. The molecule has 0 aliphatic carbocycles. The van der Waals surface area contributed by atoms with Crippen molar-refractivity contribution in [2.24, 2.45) is 0 Å². The van der Waals surface area contributed by atoms with Gasteiger partial charge in [-0.05, 0) is 0 Å². The highest BCUT2D eigenvalue weighted by Crippen LogP contribution is 2.30. The number of nitrogens with one attached hydrogen (secondary N) is 1. The second-order valence-electron chi connectivity index (χ2n) is 8.17. The zero-order chi connectivity index (χ0) is 30.6. The molecule has 0 aromatic rings. The highest BCUT2D eigenvalue weighted by molar-refractivity contribution is 6.67. The molecule has 1 heterocycles. The summed E-state index contributed by atoms with van der Waals surface area (Å²) in [5.74, 6) is -4.00. The van der Waals surface area contributed by atoms with Crippen molar-refractivity contribution in [3.05, 3.63) is 0 Å². The van der Waals surface area contributed by atoms with Gasteiger partial charge in [-0.25, -0.2) is 4.79 Å². The van der Waals surface area contributed by atoms with Crippen LogP contribution in [0.5, 0.6) is 0 Å². The van der Waals surface area contributed by atoms with Gasteiger partial charge in [0.1, 0.15) is 25.4 Å². The van der Waals surface area contributed by atoms with Crippen molar-refractivity contribution >= 4 is 70.7 Å². The number of esters is 5. The Morgan fingerprint density at radius 2 is 1.35 bits per heavy atom. The lowest BCUT2D eigenvalue weighted by Crippen LogP contribution is -2.67. The quantitative estimate of drug-likeness (QED) is 0.182. The number of rotatable bonds is 12. The van der Waals surface area contributed by atoms with E-state index in [9.17, 15) is 28.8 Å². The molecule has 0 spiro atoms. The lowest BCUT2D eigenvalue weighted by atomic mass is 9.96. The van der Waals surface area contributed by atoms with Gasteiger partial charge in [0.05, 0.1) is 33.2 Å². The van der Waals surface area contributed by atoms with Gasteiger partial charge >= 0.3 is 35.9 Å². The van der Waals surface area contributed by atoms with Crippen molar-refractivity contribution in [1.29, 1.82) is 0 Å². The molecule has 0 saturated carbocycles. The number of alkyl halides is 3. The van der Waals surface area contributed by atoms with E-state index in [1.807, 2.05) is 0 Å². The van der Waals surface area contributed by atoms with Crippen LogP contribution in [0.4, 0.5) is 4.79 Å². The molecule has 1 aliphatic heterocycles. The molecule has 1 aliphatic rings. The predicted octanol–water partition coefficient (Wildman–Crippen LogP) is 1.11. The second kappa shape index (κ2) is 16.6. The molecule has 0 aromatic heterocycles. The van der Waals surface area contributed by atoms with E-state index in [0.29, 0.717) is 0 Å². The van der Waals surface area contributed by atoms with E-state index in [1.165, 1.54) is 0 Å². The lowest BCUT2D eigenvalue weighted by Gasteiger charge is -2.45. The summed E-state index contributed by atoms with van der Waals surface area (Å²) in [7, 11) is 2.21. The van der Waals surface area contributed by atoms with E-state index in [-0.39, 0.29) is 0 Å². The first-order valence-corrected chi connectivity index (χ1v) is 12.6. The molecule has 40 heavy (non-hydrogen) atoms. The van der Waals surface area contributed by atoms with Gasteiger partial charge in [0, 0.05) is 20.8 Å². The smallest absolute Gasteiger partial charge is 0.407 e. The Hall–Kier alpha value is -2.59. The van der Waals surface area contributed by atoms with Crippen molar-refractivity contribution < 1.29 is 66.7 Å². The third-order valence-corrected chi connectivity index (χ3v) is 5.25. The number of carbonyl (C=O) groups excluding carboxylic acids is 6. The van der Waals surface area contributed by atoms with Crippen LogP contribution in [-0.4, -0.2) is 104 Å². The normalized spacial score (nSPS) is 22.5. The molecule has 1 amide bonds. The number of methoxy groups -OCH3 is 2. The van der Waals surface area contributed by atoms with Crippen molar-refractivity contribution in [2.45, 2.75) is 74.2 Å². The fraction of sp³-hybridized carbons (Fsp3) is 0.727. The third-order valence-electron chi connectivity index (χ3n) is 4.92. The zero-order valence-corrected chi connectivity index (χ0v) is 24.4. The first-order valence-electron chi connectivity index (χ1n) is 11.5. The molecule has 0 aromatic carbocycles. The van der Waals surface area contributed by atoms with Gasteiger partial charge in [0.15, 0.2) is 18.5 Å².